The zero-order chi connectivity index (χ0) is 19.9. The van der Waals surface area contributed by atoms with E-state index in [9.17, 15) is 4.79 Å². The van der Waals surface area contributed by atoms with Crippen molar-refractivity contribution in [3.05, 3.63) is 42.9 Å². The summed E-state index contributed by atoms with van der Waals surface area (Å²) < 4.78 is 6.35. The van der Waals surface area contributed by atoms with Gasteiger partial charge in [-0.25, -0.2) is 9.97 Å². The first-order valence-corrected chi connectivity index (χ1v) is 9.47. The van der Waals surface area contributed by atoms with E-state index in [0.29, 0.717) is 31.2 Å². The van der Waals surface area contributed by atoms with E-state index in [4.69, 9.17) is 10.5 Å². The third-order valence-corrected chi connectivity index (χ3v) is 5.78. The van der Waals surface area contributed by atoms with Crippen LogP contribution in [0.4, 0.5) is 5.82 Å². The number of hydrogen-bond donors (Lipinski definition) is 2. The van der Waals surface area contributed by atoms with Crippen LogP contribution in [0.15, 0.2) is 31.6 Å². The highest BCUT2D eigenvalue weighted by Gasteiger charge is 2.38. The van der Waals surface area contributed by atoms with E-state index in [2.05, 4.69) is 34.2 Å². The van der Waals surface area contributed by atoms with Crippen LogP contribution in [-0.4, -0.2) is 51.1 Å². The zero-order valence-electron chi connectivity index (χ0n) is 16.1. The average Bonchev–Trinajstić information content (AvgIpc) is 3.10. The van der Waals surface area contributed by atoms with Gasteiger partial charge in [0.15, 0.2) is 0 Å². The molecule has 28 heavy (non-hydrogen) atoms. The van der Waals surface area contributed by atoms with E-state index in [1.165, 1.54) is 12.4 Å². The van der Waals surface area contributed by atoms with Crippen LogP contribution in [0, 0.1) is 0 Å². The first kappa shape index (κ1) is 18.4. The Morgan fingerprint density at radius 2 is 2.14 bits per heavy atom. The van der Waals surface area contributed by atoms with Crippen molar-refractivity contribution in [3.63, 3.8) is 0 Å². The van der Waals surface area contributed by atoms with Crippen LogP contribution in [0.1, 0.15) is 37.4 Å². The Balaban J connectivity index is 1.61. The molecule has 0 radical (unpaired) electrons. The molecule has 1 fully saturated rings. The van der Waals surface area contributed by atoms with Crippen molar-refractivity contribution in [2.75, 3.05) is 25.4 Å². The lowest BCUT2D eigenvalue weighted by Crippen LogP contribution is -2.48. The van der Waals surface area contributed by atoms with Crippen molar-refractivity contribution >= 4 is 33.9 Å². The van der Waals surface area contributed by atoms with Gasteiger partial charge in [-0.05, 0) is 43.4 Å². The summed E-state index contributed by atoms with van der Waals surface area (Å²) in [7, 11) is 0. The summed E-state index contributed by atoms with van der Waals surface area (Å²) in [6.45, 7) is 11.5. The second kappa shape index (κ2) is 6.91. The molecule has 1 amide bonds. The lowest BCUT2D eigenvalue weighted by atomic mass is 9.84. The van der Waals surface area contributed by atoms with E-state index in [1.807, 2.05) is 11.8 Å². The van der Waals surface area contributed by atoms with Crippen LogP contribution in [0.2, 0.25) is 0 Å². The molecule has 2 aromatic heterocycles. The predicted molar refractivity (Wildman–Crippen MR) is 110 cm³/mol. The molecular weight excluding hydrogens is 354 g/mol. The maximum Gasteiger partial charge on any atom is 0.245 e. The number of piperidine rings is 1. The lowest BCUT2D eigenvalue weighted by molar-refractivity contribution is -0.132. The van der Waals surface area contributed by atoms with Crippen LogP contribution < -0.4 is 5.73 Å². The van der Waals surface area contributed by atoms with Crippen molar-refractivity contribution in [2.45, 2.75) is 31.8 Å². The molecule has 146 valence electrons. The smallest absolute Gasteiger partial charge is 0.245 e. The lowest BCUT2D eigenvalue weighted by Gasteiger charge is -2.43. The summed E-state index contributed by atoms with van der Waals surface area (Å²) in [5, 5.41) is 0.808. The largest absolute Gasteiger partial charge is 0.383 e. The summed E-state index contributed by atoms with van der Waals surface area (Å²) in [5.74, 6) is 0.434. The van der Waals surface area contributed by atoms with Gasteiger partial charge in [-0.1, -0.05) is 19.2 Å². The summed E-state index contributed by atoms with van der Waals surface area (Å²) in [6, 6.07) is 0. The van der Waals surface area contributed by atoms with Crippen LogP contribution >= 0.6 is 0 Å². The minimum atomic E-state index is -0.199. The summed E-state index contributed by atoms with van der Waals surface area (Å²) in [4.78, 5) is 25.5. The molecule has 4 heterocycles. The number of amides is 1. The number of likely N-dealkylation sites (tertiary alicyclic amines) is 1. The molecule has 0 bridgehead atoms. The number of hydrogen-bond acceptors (Lipinski definition) is 5. The number of carbonyl (C=O) groups excluding carboxylic acids is 1. The Labute approximate surface area is 164 Å². The third-order valence-electron chi connectivity index (χ3n) is 5.78. The molecule has 1 spiro atoms. The molecule has 0 unspecified atom stereocenters. The number of aromatic amines is 1. The van der Waals surface area contributed by atoms with Gasteiger partial charge in [0.1, 0.15) is 17.8 Å². The number of fused-ring (bicyclic) bond motifs is 1. The fourth-order valence-corrected chi connectivity index (χ4v) is 4.16. The van der Waals surface area contributed by atoms with Gasteiger partial charge in [-0.2, -0.15) is 0 Å². The van der Waals surface area contributed by atoms with Gasteiger partial charge in [-0.3, -0.25) is 4.79 Å². The van der Waals surface area contributed by atoms with E-state index in [-0.39, 0.29) is 11.5 Å². The molecule has 0 atom stereocenters. The van der Waals surface area contributed by atoms with Crippen molar-refractivity contribution in [1.82, 2.24) is 19.9 Å². The van der Waals surface area contributed by atoms with Gasteiger partial charge in [0, 0.05) is 18.7 Å². The van der Waals surface area contributed by atoms with Crippen LogP contribution in [-0.2, 0) is 9.53 Å². The number of nitrogen functional groups attached to an aromatic ring is 1. The minimum absolute atomic E-state index is 0.00948. The Bertz CT molecular complexity index is 996. The molecule has 7 heteroatoms. The quantitative estimate of drug-likeness (QED) is 0.799. The molecule has 2 aliphatic heterocycles. The molecule has 0 aliphatic carbocycles. The maximum atomic E-state index is 11.8. The normalized spacial score (nSPS) is 18.9. The number of nitrogens with two attached hydrogens (primary N) is 1. The molecule has 1 saturated heterocycles. The number of allylic oxidation sites excluding steroid dienone is 1. The van der Waals surface area contributed by atoms with Gasteiger partial charge in [0.2, 0.25) is 5.91 Å². The van der Waals surface area contributed by atoms with Gasteiger partial charge in [-0.15, -0.1) is 0 Å². The minimum Gasteiger partial charge on any atom is -0.383 e. The maximum absolute atomic E-state index is 11.8. The van der Waals surface area contributed by atoms with Crippen molar-refractivity contribution in [1.29, 1.82) is 0 Å². The van der Waals surface area contributed by atoms with Crippen LogP contribution in [0.3, 0.4) is 0 Å². The number of aromatic nitrogens is 3. The van der Waals surface area contributed by atoms with E-state index in [0.717, 1.165) is 47.1 Å². The number of nitrogens with one attached hydrogen (secondary N) is 1. The molecule has 0 aromatic carbocycles. The summed E-state index contributed by atoms with van der Waals surface area (Å²) in [6.07, 6.45) is 7.53. The SMILES string of the molecule is C=CC(=O)N1CCC2(CC=C(c3[nH]c4ncnc(N)c4c3C(=C)C)CO2)CC1. The van der Waals surface area contributed by atoms with E-state index < -0.39 is 0 Å². The Morgan fingerprint density at radius 1 is 1.39 bits per heavy atom. The third kappa shape index (κ3) is 3.01. The fraction of sp³-hybridized carbons (Fsp3) is 0.381. The highest BCUT2D eigenvalue weighted by molar-refractivity contribution is 6.01. The number of H-pyrrole nitrogens is 1. The fourth-order valence-electron chi connectivity index (χ4n) is 4.16. The Kier molecular flexibility index (Phi) is 4.55. The summed E-state index contributed by atoms with van der Waals surface area (Å²) in [5.41, 5.74) is 10.5. The van der Waals surface area contributed by atoms with Gasteiger partial charge in [0.05, 0.1) is 23.3 Å². The highest BCUT2D eigenvalue weighted by Crippen LogP contribution is 2.39. The topological polar surface area (TPSA) is 97.1 Å². The van der Waals surface area contributed by atoms with Gasteiger partial charge in [0.25, 0.3) is 0 Å². The van der Waals surface area contributed by atoms with Crippen LogP contribution in [0.5, 0.6) is 0 Å². The van der Waals surface area contributed by atoms with Gasteiger partial charge >= 0.3 is 0 Å². The Hall–Kier alpha value is -2.93. The molecule has 2 aromatic rings. The number of nitrogens with zero attached hydrogens (tertiary/aromatic N) is 3. The predicted octanol–water partition coefficient (Wildman–Crippen LogP) is 2.92. The number of anilines is 1. The van der Waals surface area contributed by atoms with E-state index >= 15 is 0 Å². The molecule has 4 rings (SSSR count). The molecule has 2 aliphatic rings. The van der Waals surface area contributed by atoms with Crippen LogP contribution in [0.25, 0.3) is 22.2 Å². The molecular formula is C21H25N5O2. The number of rotatable bonds is 3. The Morgan fingerprint density at radius 3 is 2.75 bits per heavy atom. The summed E-state index contributed by atoms with van der Waals surface area (Å²) >= 11 is 0. The number of ether oxygens (including phenoxy) is 1. The van der Waals surface area contributed by atoms with Crippen molar-refractivity contribution in [3.8, 4) is 0 Å². The van der Waals surface area contributed by atoms with Crippen molar-refractivity contribution < 1.29 is 9.53 Å². The second-order valence-electron chi connectivity index (χ2n) is 7.57. The molecule has 3 N–H and O–H groups in total. The number of carbonyl (C=O) groups is 1. The first-order chi connectivity index (χ1) is 13.4. The molecule has 7 nitrogen and oxygen atoms in total. The zero-order valence-corrected chi connectivity index (χ0v) is 16.1. The van der Waals surface area contributed by atoms with Crippen molar-refractivity contribution in [2.24, 2.45) is 0 Å². The average molecular weight is 379 g/mol. The first-order valence-electron chi connectivity index (χ1n) is 9.47. The standard InChI is InChI=1S/C21H25N5O2/c1-4-15(27)26-9-7-21(8-10-26)6-5-14(11-28-21)18-16(13(2)3)17-19(22)23-12-24-20(17)25-18/h4-5,12H,1-2,6-11H2,3H3,(H3,22,23,24,25). The van der Waals surface area contributed by atoms with E-state index in [1.54, 1.807) is 0 Å². The molecule has 0 saturated carbocycles. The van der Waals surface area contributed by atoms with Gasteiger partial charge < -0.3 is 20.4 Å². The monoisotopic (exact) mass is 379 g/mol. The second-order valence-corrected chi connectivity index (χ2v) is 7.57. The highest BCUT2D eigenvalue weighted by atomic mass is 16.5.